The summed E-state index contributed by atoms with van der Waals surface area (Å²) >= 11 is 1.25. The summed E-state index contributed by atoms with van der Waals surface area (Å²) in [6, 6.07) is 0. The summed E-state index contributed by atoms with van der Waals surface area (Å²) in [6.07, 6.45) is 2.22. The monoisotopic (exact) mass is 269 g/mol. The molecule has 0 atom stereocenters. The van der Waals surface area contributed by atoms with Crippen molar-refractivity contribution in [2.45, 2.75) is 26.3 Å². The van der Waals surface area contributed by atoms with Crippen LogP contribution in [-0.4, -0.2) is 40.0 Å². The van der Waals surface area contributed by atoms with Gasteiger partial charge in [-0.05, 0) is 31.8 Å². The molecule has 1 amide bonds. The molecule has 1 aliphatic heterocycles. The number of nitrogens with zero attached hydrogens (tertiary/aromatic N) is 3. The normalized spacial score (nSPS) is 17.8. The lowest BCUT2D eigenvalue weighted by molar-refractivity contribution is -0.119. The molecule has 0 bridgehead atoms. The van der Waals surface area contributed by atoms with Gasteiger partial charge in [0.05, 0.1) is 0 Å². The SMILES string of the molecule is CC(=O)NCC1CCN(Cc2nnsc2N)CC1. The Kier molecular flexibility index (Phi) is 4.48. The van der Waals surface area contributed by atoms with Crippen molar-refractivity contribution in [1.29, 1.82) is 0 Å². The zero-order valence-electron chi connectivity index (χ0n) is 10.6. The van der Waals surface area contributed by atoms with Crippen LogP contribution < -0.4 is 11.1 Å². The summed E-state index contributed by atoms with van der Waals surface area (Å²) in [6.45, 7) is 5.20. The average molecular weight is 269 g/mol. The van der Waals surface area contributed by atoms with Gasteiger partial charge >= 0.3 is 0 Å². The molecule has 2 heterocycles. The lowest BCUT2D eigenvalue weighted by Crippen LogP contribution is -2.38. The molecule has 1 saturated heterocycles. The molecular weight excluding hydrogens is 250 g/mol. The van der Waals surface area contributed by atoms with Gasteiger partial charge in [0.25, 0.3) is 0 Å². The maximum atomic E-state index is 10.9. The number of hydrogen-bond acceptors (Lipinski definition) is 6. The van der Waals surface area contributed by atoms with Gasteiger partial charge in [-0.2, -0.15) is 0 Å². The second-order valence-electron chi connectivity index (χ2n) is 4.74. The lowest BCUT2D eigenvalue weighted by atomic mass is 9.96. The molecule has 1 aliphatic rings. The Balaban J connectivity index is 1.73. The van der Waals surface area contributed by atoms with Crippen LogP contribution in [0.4, 0.5) is 5.00 Å². The third kappa shape index (κ3) is 3.64. The first-order valence-corrected chi connectivity index (χ1v) is 6.96. The molecule has 0 unspecified atom stereocenters. The van der Waals surface area contributed by atoms with Gasteiger partial charge in [0.15, 0.2) is 0 Å². The van der Waals surface area contributed by atoms with E-state index in [-0.39, 0.29) is 5.91 Å². The van der Waals surface area contributed by atoms with Gasteiger partial charge in [0.1, 0.15) is 10.7 Å². The molecule has 1 aromatic rings. The van der Waals surface area contributed by atoms with Crippen molar-refractivity contribution in [3.63, 3.8) is 0 Å². The largest absolute Gasteiger partial charge is 0.388 e. The number of rotatable bonds is 4. The van der Waals surface area contributed by atoms with Crippen LogP contribution in [0.1, 0.15) is 25.5 Å². The van der Waals surface area contributed by atoms with E-state index in [2.05, 4.69) is 19.8 Å². The first-order chi connectivity index (χ1) is 8.65. The summed E-state index contributed by atoms with van der Waals surface area (Å²) in [5.41, 5.74) is 6.67. The zero-order valence-corrected chi connectivity index (χ0v) is 11.4. The number of carbonyl (C=O) groups is 1. The topological polar surface area (TPSA) is 84.1 Å². The number of carbonyl (C=O) groups excluding carboxylic acids is 1. The minimum Gasteiger partial charge on any atom is -0.388 e. The number of anilines is 1. The highest BCUT2D eigenvalue weighted by Gasteiger charge is 2.20. The summed E-state index contributed by atoms with van der Waals surface area (Å²) < 4.78 is 3.84. The molecule has 0 aliphatic carbocycles. The average Bonchev–Trinajstić information content (AvgIpc) is 2.74. The van der Waals surface area contributed by atoms with Crippen molar-refractivity contribution >= 4 is 22.4 Å². The minimum atomic E-state index is 0.0544. The fraction of sp³-hybridized carbons (Fsp3) is 0.727. The second-order valence-corrected chi connectivity index (χ2v) is 5.53. The quantitative estimate of drug-likeness (QED) is 0.830. The highest BCUT2D eigenvalue weighted by Crippen LogP contribution is 2.20. The van der Waals surface area contributed by atoms with E-state index in [1.54, 1.807) is 6.92 Å². The van der Waals surface area contributed by atoms with E-state index in [9.17, 15) is 4.79 Å². The minimum absolute atomic E-state index is 0.0544. The summed E-state index contributed by atoms with van der Waals surface area (Å²) in [5.74, 6) is 0.648. The Hall–Kier alpha value is -1.21. The van der Waals surface area contributed by atoms with E-state index in [4.69, 9.17) is 5.73 Å². The summed E-state index contributed by atoms with van der Waals surface area (Å²) in [4.78, 5) is 13.2. The predicted molar refractivity (Wildman–Crippen MR) is 71.0 cm³/mol. The third-order valence-corrected chi connectivity index (χ3v) is 3.90. The van der Waals surface area contributed by atoms with Gasteiger partial charge in [-0.1, -0.05) is 4.49 Å². The van der Waals surface area contributed by atoms with Crippen LogP contribution in [-0.2, 0) is 11.3 Å². The number of nitrogen functional groups attached to an aromatic ring is 1. The molecular formula is C11H19N5OS. The van der Waals surface area contributed by atoms with Crippen LogP contribution in [0.3, 0.4) is 0 Å². The Morgan fingerprint density at radius 3 is 2.83 bits per heavy atom. The molecule has 18 heavy (non-hydrogen) atoms. The van der Waals surface area contributed by atoms with E-state index in [1.165, 1.54) is 11.5 Å². The Labute approximate surface area is 111 Å². The van der Waals surface area contributed by atoms with Crippen LogP contribution in [0.5, 0.6) is 0 Å². The van der Waals surface area contributed by atoms with E-state index in [0.717, 1.165) is 49.7 Å². The fourth-order valence-electron chi connectivity index (χ4n) is 2.17. The second kappa shape index (κ2) is 6.10. The van der Waals surface area contributed by atoms with Crippen molar-refractivity contribution in [3.8, 4) is 0 Å². The molecule has 2 rings (SSSR count). The highest BCUT2D eigenvalue weighted by atomic mass is 32.1. The Bertz CT molecular complexity index is 400. The standard InChI is InChI=1S/C11H19N5OS/c1-8(17)13-6-9-2-4-16(5-3-9)7-10-11(12)18-15-14-10/h9H,2-7,12H2,1H3,(H,13,17). The number of hydrogen-bond donors (Lipinski definition) is 2. The highest BCUT2D eigenvalue weighted by molar-refractivity contribution is 7.09. The van der Waals surface area contributed by atoms with Gasteiger partial charge in [-0.15, -0.1) is 5.10 Å². The van der Waals surface area contributed by atoms with Crippen LogP contribution in [0.25, 0.3) is 0 Å². The Morgan fingerprint density at radius 1 is 1.56 bits per heavy atom. The number of piperidine rings is 1. The molecule has 100 valence electrons. The fourth-order valence-corrected chi connectivity index (χ4v) is 2.61. The van der Waals surface area contributed by atoms with Gasteiger partial charge < -0.3 is 11.1 Å². The van der Waals surface area contributed by atoms with Gasteiger partial charge in [-0.25, -0.2) is 0 Å². The zero-order chi connectivity index (χ0) is 13.0. The third-order valence-electron chi connectivity index (χ3n) is 3.31. The van der Waals surface area contributed by atoms with E-state index >= 15 is 0 Å². The molecule has 1 fully saturated rings. The Morgan fingerprint density at radius 2 is 2.28 bits per heavy atom. The van der Waals surface area contributed by atoms with Crippen LogP contribution in [0, 0.1) is 5.92 Å². The molecule has 7 heteroatoms. The molecule has 3 N–H and O–H groups in total. The lowest BCUT2D eigenvalue weighted by Gasteiger charge is -2.31. The number of aromatic nitrogens is 2. The van der Waals surface area contributed by atoms with Crippen molar-refractivity contribution in [2.24, 2.45) is 5.92 Å². The molecule has 1 aromatic heterocycles. The van der Waals surface area contributed by atoms with Crippen molar-refractivity contribution in [3.05, 3.63) is 5.69 Å². The predicted octanol–water partition coefficient (Wildman–Crippen LogP) is 0.468. The van der Waals surface area contributed by atoms with E-state index in [1.807, 2.05) is 0 Å². The smallest absolute Gasteiger partial charge is 0.216 e. The molecule has 0 spiro atoms. The molecule has 0 saturated carbocycles. The van der Waals surface area contributed by atoms with Crippen molar-refractivity contribution < 1.29 is 4.79 Å². The first kappa shape index (κ1) is 13.2. The van der Waals surface area contributed by atoms with E-state index in [0.29, 0.717) is 5.92 Å². The summed E-state index contributed by atoms with van der Waals surface area (Å²) in [7, 11) is 0. The van der Waals surface area contributed by atoms with Crippen LogP contribution in [0.2, 0.25) is 0 Å². The summed E-state index contributed by atoms with van der Waals surface area (Å²) in [5, 5.41) is 7.64. The maximum Gasteiger partial charge on any atom is 0.216 e. The molecule has 0 aromatic carbocycles. The van der Waals surface area contributed by atoms with E-state index < -0.39 is 0 Å². The first-order valence-electron chi connectivity index (χ1n) is 6.18. The number of nitrogens with one attached hydrogen (secondary N) is 1. The van der Waals surface area contributed by atoms with Gasteiger partial charge in [0.2, 0.25) is 5.91 Å². The van der Waals surface area contributed by atoms with Gasteiger partial charge in [-0.3, -0.25) is 9.69 Å². The van der Waals surface area contributed by atoms with Crippen molar-refractivity contribution in [1.82, 2.24) is 19.8 Å². The number of amides is 1. The maximum absolute atomic E-state index is 10.9. The number of likely N-dealkylation sites (tertiary alicyclic amines) is 1. The van der Waals surface area contributed by atoms with Crippen LogP contribution >= 0.6 is 11.5 Å². The molecule has 6 nitrogen and oxygen atoms in total. The van der Waals surface area contributed by atoms with Crippen molar-refractivity contribution in [2.75, 3.05) is 25.4 Å². The van der Waals surface area contributed by atoms with Gasteiger partial charge in [0, 0.05) is 31.5 Å². The number of nitrogens with two attached hydrogens (primary N) is 1. The molecule has 0 radical (unpaired) electrons. The van der Waals surface area contributed by atoms with Crippen LogP contribution in [0.15, 0.2) is 0 Å².